The van der Waals surface area contributed by atoms with Gasteiger partial charge >= 0.3 is 0 Å². The predicted octanol–water partition coefficient (Wildman–Crippen LogP) is 16.8. The van der Waals surface area contributed by atoms with E-state index in [0.29, 0.717) is 29.5 Å². The van der Waals surface area contributed by atoms with E-state index in [9.17, 15) is 0 Å². The Labute approximate surface area is 398 Å². The summed E-state index contributed by atoms with van der Waals surface area (Å²) in [6.07, 6.45) is 1.61. The van der Waals surface area contributed by atoms with Crippen LogP contribution in [0.3, 0.4) is 0 Å². The van der Waals surface area contributed by atoms with Crippen LogP contribution in [0.1, 0.15) is 91.4 Å². The van der Waals surface area contributed by atoms with Crippen molar-refractivity contribution in [1.82, 2.24) is 9.55 Å². The first-order valence-corrected chi connectivity index (χ1v) is 22.9. The molecule has 0 amide bonds. The summed E-state index contributed by atoms with van der Waals surface area (Å²) in [5.74, 6) is 1.99. The van der Waals surface area contributed by atoms with Crippen molar-refractivity contribution in [2.24, 2.45) is 0 Å². The van der Waals surface area contributed by atoms with E-state index in [-0.39, 0.29) is 46.0 Å². The fourth-order valence-electron chi connectivity index (χ4n) is 9.10. The Bertz CT molecular complexity index is 3530. The van der Waals surface area contributed by atoms with Gasteiger partial charge in [-0.05, 0) is 123 Å². The van der Waals surface area contributed by atoms with E-state index in [1.54, 1.807) is 6.20 Å². The second-order valence-corrected chi connectivity index (χ2v) is 20.8. The number of anilines is 4. The molecule has 66 heavy (non-hydrogen) atoms. The number of hydrogen-bond donors (Lipinski definition) is 0. The quantitative estimate of drug-likeness (QED) is 0.160. The molecule has 10 rings (SSSR count). The summed E-state index contributed by atoms with van der Waals surface area (Å²) >= 11 is 0. The lowest BCUT2D eigenvalue weighted by Gasteiger charge is -2.29. The van der Waals surface area contributed by atoms with Crippen LogP contribution in [0.15, 0.2) is 170 Å². The highest BCUT2D eigenvalue weighted by molar-refractivity contribution is 6.09. The molecule has 0 saturated carbocycles. The lowest BCUT2D eigenvalue weighted by molar-refractivity contribution is 0.483. The van der Waals surface area contributed by atoms with Crippen molar-refractivity contribution in [3.05, 3.63) is 192 Å². The highest BCUT2D eigenvalue weighted by atomic mass is 16.5. The summed E-state index contributed by atoms with van der Waals surface area (Å²) in [6, 6.07) is 45.8. The first-order valence-electron chi connectivity index (χ1n) is 25.4. The molecule has 5 nitrogen and oxygen atoms in total. The van der Waals surface area contributed by atoms with Gasteiger partial charge in [-0.1, -0.05) is 153 Å². The lowest BCUT2D eigenvalue weighted by Crippen LogP contribution is -2.25. The van der Waals surface area contributed by atoms with Crippen molar-refractivity contribution >= 4 is 44.6 Å². The molecule has 0 N–H and O–H groups in total. The van der Waals surface area contributed by atoms with Crippen LogP contribution in [-0.4, -0.2) is 16.2 Å². The van der Waals surface area contributed by atoms with E-state index in [0.717, 1.165) is 50.1 Å². The molecule has 2 aromatic heterocycles. The fourth-order valence-corrected chi connectivity index (χ4v) is 9.10. The molecule has 9 aromatic rings. The second kappa shape index (κ2) is 16.1. The molecule has 1 aliphatic rings. The average molecular weight is 870 g/mol. The molecular weight excluding hydrogens is 805 g/mol. The molecule has 330 valence electrons. The van der Waals surface area contributed by atoms with Crippen molar-refractivity contribution in [2.75, 3.05) is 16.5 Å². The lowest BCUT2D eigenvalue weighted by atomic mass is 9.80. The van der Waals surface area contributed by atoms with Crippen LogP contribution in [0.2, 0.25) is 0 Å². The van der Waals surface area contributed by atoms with Crippen molar-refractivity contribution in [3.8, 4) is 39.6 Å². The summed E-state index contributed by atoms with van der Waals surface area (Å²) < 4.78 is 50.8. The molecule has 0 fully saturated rings. The summed E-state index contributed by atoms with van der Waals surface area (Å²) in [4.78, 5) is 9.72. The maximum Gasteiger partial charge on any atom is 0.137 e. The number of hydrogen-bond acceptors (Lipinski definition) is 4. The maximum absolute atomic E-state index is 8.62. The smallest absolute Gasteiger partial charge is 0.137 e. The average Bonchev–Trinajstić information content (AvgIpc) is 3.88. The molecule has 0 spiro atoms. The van der Waals surface area contributed by atoms with Crippen LogP contribution in [0.5, 0.6) is 11.5 Å². The Morgan fingerprint density at radius 2 is 1.18 bits per heavy atom. The molecule has 0 atom stereocenters. The van der Waals surface area contributed by atoms with Crippen molar-refractivity contribution in [3.63, 3.8) is 0 Å². The number of benzene rings is 7. The van der Waals surface area contributed by atoms with E-state index in [1.165, 1.54) is 27.8 Å². The van der Waals surface area contributed by atoms with Crippen LogP contribution in [0.25, 0.3) is 49.9 Å². The van der Waals surface area contributed by atoms with Crippen molar-refractivity contribution in [2.45, 2.75) is 85.5 Å². The highest BCUT2D eigenvalue weighted by Gasteiger charge is 2.31. The number of nitrogens with zero attached hydrogens (tertiary/aromatic N) is 4. The van der Waals surface area contributed by atoms with E-state index in [4.69, 9.17) is 16.6 Å². The zero-order valence-corrected chi connectivity index (χ0v) is 39.7. The number of pyridine rings is 1. The number of aromatic nitrogens is 2. The second-order valence-electron chi connectivity index (χ2n) is 20.8. The Morgan fingerprint density at radius 1 is 0.515 bits per heavy atom. The Hall–Kier alpha value is -7.11. The van der Waals surface area contributed by atoms with Gasteiger partial charge in [0.15, 0.2) is 0 Å². The van der Waals surface area contributed by atoms with Gasteiger partial charge in [0.05, 0.1) is 29.3 Å². The minimum atomic E-state index is -0.422. The normalized spacial score (nSPS) is 14.2. The van der Waals surface area contributed by atoms with E-state index < -0.39 is 6.04 Å². The number of ether oxygens (including phenoxy) is 1. The van der Waals surface area contributed by atoms with E-state index >= 15 is 0 Å². The molecule has 0 aliphatic carbocycles. The summed E-state index contributed by atoms with van der Waals surface area (Å²) in [5.41, 5.74) is 13.8. The Morgan fingerprint density at radius 3 is 1.91 bits per heavy atom. The predicted molar refractivity (Wildman–Crippen MR) is 279 cm³/mol. The van der Waals surface area contributed by atoms with E-state index in [2.05, 4.69) is 174 Å². The third-order valence-corrected chi connectivity index (χ3v) is 13.0. The molecule has 5 heteroatoms. The third-order valence-electron chi connectivity index (χ3n) is 13.0. The zero-order valence-electron chi connectivity index (χ0n) is 44.7. The largest absolute Gasteiger partial charge is 0.457 e. The molecule has 0 radical (unpaired) electrons. The molecule has 0 saturated heterocycles. The van der Waals surface area contributed by atoms with Gasteiger partial charge in [0.2, 0.25) is 0 Å². The van der Waals surface area contributed by atoms with Crippen LogP contribution >= 0.6 is 0 Å². The van der Waals surface area contributed by atoms with Gasteiger partial charge in [0.1, 0.15) is 24.0 Å². The molecule has 0 unspecified atom stereocenters. The summed E-state index contributed by atoms with van der Waals surface area (Å²) in [5, 5.41) is 2.08. The molecule has 7 aromatic carbocycles. The minimum absolute atomic E-state index is 0.0230. The number of aryl methyl sites for hydroxylation is 1. The van der Waals surface area contributed by atoms with Crippen LogP contribution in [0.4, 0.5) is 22.7 Å². The van der Waals surface area contributed by atoms with Crippen LogP contribution in [-0.2, 0) is 16.2 Å². The molecule has 0 bridgehead atoms. The number of para-hydroxylation sites is 1. The molecular formula is C61H60N4O. The number of rotatable bonds is 7. The van der Waals surface area contributed by atoms with Gasteiger partial charge in [-0.3, -0.25) is 4.57 Å². The number of fused-ring (bicyclic) bond motifs is 4. The monoisotopic (exact) mass is 870 g/mol. The van der Waals surface area contributed by atoms with Gasteiger partial charge in [-0.2, -0.15) is 0 Å². The zero-order chi connectivity index (χ0) is 50.5. The van der Waals surface area contributed by atoms with Crippen LogP contribution in [0, 0.1) is 6.92 Å². The van der Waals surface area contributed by atoms with Gasteiger partial charge in [0.25, 0.3) is 0 Å². The first-order chi connectivity index (χ1) is 33.6. The Balaban J connectivity index is 1.04. The Kier molecular flexibility index (Phi) is 9.06. The third kappa shape index (κ3) is 8.02. The van der Waals surface area contributed by atoms with Gasteiger partial charge in [-0.25, -0.2) is 4.98 Å². The molecule has 3 heterocycles. The van der Waals surface area contributed by atoms with Gasteiger partial charge < -0.3 is 14.5 Å². The van der Waals surface area contributed by atoms with Crippen LogP contribution < -0.4 is 14.5 Å². The van der Waals surface area contributed by atoms with E-state index in [1.807, 2.05) is 43.3 Å². The van der Waals surface area contributed by atoms with Gasteiger partial charge in [0, 0.05) is 46.0 Å². The maximum atomic E-state index is 8.62. The highest BCUT2D eigenvalue weighted by Crippen LogP contribution is 2.48. The minimum Gasteiger partial charge on any atom is -0.457 e. The SMILES string of the molecule is [2H]c1c([2H])c([2H])c(-c2cnc(-n3c4ccccc4c4ccc(Oc5cccc(N6CN(c7cc(C(C)(C)C)cc(C(C)(C)C)c7)c7cc(-c8cccc(C(C)(C)C)c8)ccc76)c5)cc43)cc2C)c([2H])c1[2H]. The van der Waals surface area contributed by atoms with Crippen molar-refractivity contribution < 1.29 is 11.6 Å². The topological polar surface area (TPSA) is 33.5 Å². The summed E-state index contributed by atoms with van der Waals surface area (Å²) in [6.45, 7) is 23.0. The summed E-state index contributed by atoms with van der Waals surface area (Å²) in [7, 11) is 0. The molecule has 1 aliphatic heterocycles. The van der Waals surface area contributed by atoms with Gasteiger partial charge in [-0.15, -0.1) is 0 Å². The first kappa shape index (κ1) is 37.1. The fraction of sp³-hybridized carbons (Fsp3) is 0.230. The standard InChI is InChI=1S/C61H60N4O/c1-40-30-58(62-38-53(40)41-18-12-11-13-19-41)65-54-25-15-14-24-51(54)52-28-27-50(37-56(52)65)66-49-23-17-22-47(36-49)63-39-64(48-34-45(60(5,6)7)33-46(35-48)61(8,9)10)57-32-43(26-29-55(57)63)42-20-16-21-44(31-42)59(2,3)4/h11-38H,39H2,1-10H3/i11D,12D,13D,18D,19D. The van der Waals surface area contributed by atoms with Crippen molar-refractivity contribution in [1.29, 1.82) is 0 Å².